The van der Waals surface area contributed by atoms with Crippen LogP contribution < -0.4 is 4.74 Å². The third-order valence-electron chi connectivity index (χ3n) is 2.27. The van der Waals surface area contributed by atoms with E-state index in [1.165, 1.54) is 0 Å². The Balaban J connectivity index is 2.27. The summed E-state index contributed by atoms with van der Waals surface area (Å²) < 4.78 is 7.17. The highest BCUT2D eigenvalue weighted by Gasteiger charge is 2.11. The third-order valence-corrected chi connectivity index (χ3v) is 3.65. The number of hydrogen-bond donors (Lipinski definition) is 1. The molecule has 0 unspecified atom stereocenters. The molecule has 100 valence electrons. The number of nitrogens with zero attached hydrogens (tertiary/aromatic N) is 2. The van der Waals surface area contributed by atoms with Crippen LogP contribution in [0, 0.1) is 0 Å². The van der Waals surface area contributed by atoms with E-state index in [2.05, 4.69) is 42.1 Å². The second-order valence-corrected chi connectivity index (χ2v) is 5.75. The molecule has 0 saturated carbocycles. The molecule has 1 aromatic heterocycles. The summed E-state index contributed by atoms with van der Waals surface area (Å²) in [4.78, 5) is 0. The summed E-state index contributed by atoms with van der Waals surface area (Å²) in [5.74, 6) is 0.944. The Morgan fingerprint density at radius 3 is 2.37 bits per heavy atom. The Morgan fingerprint density at radius 2 is 1.84 bits per heavy atom. The van der Waals surface area contributed by atoms with Crippen molar-refractivity contribution < 1.29 is 9.84 Å². The normalized spacial score (nSPS) is 10.5. The minimum Gasteiger partial charge on any atom is -0.435 e. The first-order valence-electron chi connectivity index (χ1n) is 5.36. The third kappa shape index (κ3) is 3.89. The van der Waals surface area contributed by atoms with Gasteiger partial charge in [0.2, 0.25) is 5.88 Å². The zero-order chi connectivity index (χ0) is 13.8. The van der Waals surface area contributed by atoms with Gasteiger partial charge < -0.3 is 9.84 Å². The van der Waals surface area contributed by atoms with Gasteiger partial charge in [0.05, 0.1) is 8.95 Å². The van der Waals surface area contributed by atoms with E-state index in [9.17, 15) is 0 Å². The molecule has 1 aromatic carbocycles. The van der Waals surface area contributed by atoms with Gasteiger partial charge >= 0.3 is 0 Å². The highest BCUT2D eigenvalue weighted by atomic mass is 79.9. The lowest BCUT2D eigenvalue weighted by atomic mass is 10.1. The van der Waals surface area contributed by atoms with Crippen molar-refractivity contribution in [2.75, 3.05) is 6.61 Å². The van der Waals surface area contributed by atoms with E-state index >= 15 is 0 Å². The van der Waals surface area contributed by atoms with Gasteiger partial charge in [-0.1, -0.05) is 11.6 Å². The number of rotatable bonds is 4. The number of aliphatic hydroxyl groups excluding tert-OH is 1. The second kappa shape index (κ2) is 6.65. The molecule has 1 heterocycles. The molecule has 2 rings (SSSR count). The van der Waals surface area contributed by atoms with Crippen molar-refractivity contribution >= 4 is 43.5 Å². The quantitative estimate of drug-likeness (QED) is 0.832. The van der Waals surface area contributed by atoms with Gasteiger partial charge in [-0.2, -0.15) is 0 Å². The summed E-state index contributed by atoms with van der Waals surface area (Å²) in [5.41, 5.74) is 0.996. The van der Waals surface area contributed by atoms with Crippen LogP contribution in [0.2, 0.25) is 5.15 Å². The SMILES string of the molecule is OCCc1cc(Br)c(Oc2ccc(Cl)nn2)c(Br)c1. The van der Waals surface area contributed by atoms with Crippen LogP contribution in [0.3, 0.4) is 0 Å². The van der Waals surface area contributed by atoms with Crippen LogP contribution in [-0.2, 0) is 6.42 Å². The summed E-state index contributed by atoms with van der Waals surface area (Å²) in [6.07, 6.45) is 0.582. The van der Waals surface area contributed by atoms with Crippen LogP contribution in [0.4, 0.5) is 0 Å². The highest BCUT2D eigenvalue weighted by molar-refractivity contribution is 9.11. The largest absolute Gasteiger partial charge is 0.435 e. The predicted octanol–water partition coefficient (Wildman–Crippen LogP) is 3.98. The maximum Gasteiger partial charge on any atom is 0.239 e. The van der Waals surface area contributed by atoms with E-state index in [1.54, 1.807) is 12.1 Å². The molecular formula is C12H9Br2ClN2O2. The summed E-state index contributed by atoms with van der Waals surface area (Å²) >= 11 is 12.5. The maximum absolute atomic E-state index is 8.94. The van der Waals surface area contributed by atoms with Gasteiger partial charge in [-0.05, 0) is 62.0 Å². The van der Waals surface area contributed by atoms with E-state index in [4.69, 9.17) is 21.4 Å². The first-order valence-corrected chi connectivity index (χ1v) is 7.32. The molecule has 0 amide bonds. The van der Waals surface area contributed by atoms with Crippen LogP contribution in [-0.4, -0.2) is 21.9 Å². The van der Waals surface area contributed by atoms with Gasteiger partial charge in [0.1, 0.15) is 0 Å². The fourth-order valence-corrected chi connectivity index (χ4v) is 2.99. The van der Waals surface area contributed by atoms with E-state index in [-0.39, 0.29) is 6.61 Å². The fourth-order valence-electron chi connectivity index (χ4n) is 1.45. The molecule has 2 aromatic rings. The summed E-state index contributed by atoms with van der Waals surface area (Å²) in [5, 5.41) is 16.8. The average molecular weight is 408 g/mol. The minimum absolute atomic E-state index is 0.0990. The summed E-state index contributed by atoms with van der Waals surface area (Å²) in [7, 11) is 0. The van der Waals surface area contributed by atoms with Gasteiger partial charge in [-0.25, -0.2) is 0 Å². The molecule has 1 N–H and O–H groups in total. The number of aliphatic hydroxyl groups is 1. The number of benzene rings is 1. The Labute approximate surface area is 132 Å². The molecule has 19 heavy (non-hydrogen) atoms. The number of ether oxygens (including phenoxy) is 1. The molecule has 0 aliphatic rings. The van der Waals surface area contributed by atoms with Crippen LogP contribution in [0.25, 0.3) is 0 Å². The van der Waals surface area contributed by atoms with E-state index in [0.717, 1.165) is 14.5 Å². The lowest BCUT2D eigenvalue weighted by Crippen LogP contribution is -1.95. The van der Waals surface area contributed by atoms with Crippen LogP contribution in [0.1, 0.15) is 5.56 Å². The first kappa shape index (κ1) is 14.7. The molecule has 0 radical (unpaired) electrons. The minimum atomic E-state index is 0.0990. The first-order chi connectivity index (χ1) is 9.10. The van der Waals surface area contributed by atoms with Crippen LogP contribution in [0.15, 0.2) is 33.2 Å². The zero-order valence-electron chi connectivity index (χ0n) is 9.61. The van der Waals surface area contributed by atoms with Crippen LogP contribution >= 0.6 is 43.5 Å². The van der Waals surface area contributed by atoms with Crippen molar-refractivity contribution in [2.24, 2.45) is 0 Å². The van der Waals surface area contributed by atoms with E-state index in [1.807, 2.05) is 12.1 Å². The standard InChI is InChI=1S/C12H9Br2ClN2O2/c13-8-5-7(3-4-18)6-9(14)12(8)19-11-2-1-10(15)16-17-11/h1-2,5-6,18H,3-4H2. The lowest BCUT2D eigenvalue weighted by molar-refractivity contribution is 0.299. The Morgan fingerprint density at radius 1 is 1.16 bits per heavy atom. The van der Waals surface area contributed by atoms with Crippen molar-refractivity contribution in [2.45, 2.75) is 6.42 Å². The van der Waals surface area contributed by atoms with Gasteiger partial charge in [0.15, 0.2) is 10.9 Å². The summed E-state index contributed by atoms with van der Waals surface area (Å²) in [6, 6.07) is 7.01. The average Bonchev–Trinajstić information content (AvgIpc) is 2.36. The van der Waals surface area contributed by atoms with Gasteiger partial charge in [-0.15, -0.1) is 10.2 Å². The lowest BCUT2D eigenvalue weighted by Gasteiger charge is -2.10. The fraction of sp³-hybridized carbons (Fsp3) is 0.167. The molecule has 7 heteroatoms. The highest BCUT2D eigenvalue weighted by Crippen LogP contribution is 2.37. The Bertz CT molecular complexity index is 555. The van der Waals surface area contributed by atoms with E-state index < -0.39 is 0 Å². The number of aromatic nitrogens is 2. The molecule has 0 atom stereocenters. The van der Waals surface area contributed by atoms with Gasteiger partial charge in [0, 0.05) is 12.7 Å². The zero-order valence-corrected chi connectivity index (χ0v) is 13.5. The van der Waals surface area contributed by atoms with Gasteiger partial charge in [0.25, 0.3) is 0 Å². The molecule has 0 aliphatic heterocycles. The molecular weight excluding hydrogens is 399 g/mol. The Kier molecular flexibility index (Phi) is 5.15. The number of halogens is 3. The molecule has 0 aliphatic carbocycles. The summed E-state index contributed by atoms with van der Waals surface area (Å²) in [6.45, 7) is 0.0990. The van der Waals surface area contributed by atoms with Crippen molar-refractivity contribution in [3.63, 3.8) is 0 Å². The van der Waals surface area contributed by atoms with Crippen molar-refractivity contribution in [3.8, 4) is 11.6 Å². The topological polar surface area (TPSA) is 55.2 Å². The molecule has 0 bridgehead atoms. The molecule has 0 fully saturated rings. The molecule has 4 nitrogen and oxygen atoms in total. The van der Waals surface area contributed by atoms with E-state index in [0.29, 0.717) is 23.2 Å². The predicted molar refractivity (Wildman–Crippen MR) is 79.7 cm³/mol. The molecule has 0 spiro atoms. The van der Waals surface area contributed by atoms with Gasteiger partial charge in [-0.3, -0.25) is 0 Å². The monoisotopic (exact) mass is 406 g/mol. The van der Waals surface area contributed by atoms with Crippen LogP contribution in [0.5, 0.6) is 11.6 Å². The van der Waals surface area contributed by atoms with Crippen molar-refractivity contribution in [3.05, 3.63) is 43.9 Å². The maximum atomic E-state index is 8.94. The Hall–Kier alpha value is -0.690. The second-order valence-electron chi connectivity index (χ2n) is 3.66. The van der Waals surface area contributed by atoms with Crippen molar-refractivity contribution in [1.29, 1.82) is 0 Å². The van der Waals surface area contributed by atoms with Crippen molar-refractivity contribution in [1.82, 2.24) is 10.2 Å². The number of hydrogen-bond acceptors (Lipinski definition) is 4. The molecule has 0 saturated heterocycles. The smallest absolute Gasteiger partial charge is 0.239 e.